The Kier molecular flexibility index (Phi) is 13.6. The molecular weight excluding hydrogens is 586 g/mol. The lowest BCUT2D eigenvalue weighted by Gasteiger charge is -2.38. The van der Waals surface area contributed by atoms with Gasteiger partial charge in [-0.15, -0.1) is 0 Å². The molecule has 0 bridgehead atoms. The van der Waals surface area contributed by atoms with Crippen molar-refractivity contribution in [2.24, 2.45) is 5.92 Å². The lowest BCUT2D eigenvalue weighted by Crippen LogP contribution is -2.56. The first-order chi connectivity index (χ1) is 21.3. The highest BCUT2D eigenvalue weighted by atomic mass is 16.6. The Morgan fingerprint density at radius 3 is 1.96 bits per heavy atom. The number of benzene rings is 2. The van der Waals surface area contributed by atoms with Gasteiger partial charge in [0.15, 0.2) is 0 Å². The fraction of sp³-hybridized carbons (Fsp3) is 0.556. The average molecular weight is 640 g/mol. The van der Waals surface area contributed by atoms with Crippen LogP contribution in [-0.2, 0) is 30.3 Å². The van der Waals surface area contributed by atoms with E-state index in [4.69, 9.17) is 9.47 Å². The highest BCUT2D eigenvalue weighted by Crippen LogP contribution is 2.30. The van der Waals surface area contributed by atoms with Crippen LogP contribution in [0.2, 0.25) is 0 Å². The molecule has 0 aliphatic heterocycles. The SMILES string of the molecule is CC(C)CCC(C)N(C(=O)C(C)NC(=O)OC(C)(C)C)C(C(=O)NC(Cc1ccccc1)C(=O)OC(C)(C)C)c1cccc(O)c1. The summed E-state index contributed by atoms with van der Waals surface area (Å²) >= 11 is 0. The highest BCUT2D eigenvalue weighted by molar-refractivity contribution is 5.94. The van der Waals surface area contributed by atoms with Gasteiger partial charge in [0.25, 0.3) is 0 Å². The minimum atomic E-state index is -1.26. The van der Waals surface area contributed by atoms with E-state index in [1.165, 1.54) is 24.0 Å². The Balaban J connectivity index is 2.61. The van der Waals surface area contributed by atoms with Crippen LogP contribution in [0.3, 0.4) is 0 Å². The van der Waals surface area contributed by atoms with Crippen molar-refractivity contribution in [3.8, 4) is 5.75 Å². The van der Waals surface area contributed by atoms with Gasteiger partial charge in [-0.1, -0.05) is 56.3 Å². The average Bonchev–Trinajstić information content (AvgIpc) is 2.92. The molecule has 0 aliphatic rings. The van der Waals surface area contributed by atoms with Gasteiger partial charge in [-0.25, -0.2) is 9.59 Å². The molecule has 4 unspecified atom stereocenters. The van der Waals surface area contributed by atoms with Gasteiger partial charge in [0.1, 0.15) is 35.1 Å². The van der Waals surface area contributed by atoms with Gasteiger partial charge in [0.05, 0.1) is 0 Å². The van der Waals surface area contributed by atoms with Gasteiger partial charge in [-0.3, -0.25) is 9.59 Å². The van der Waals surface area contributed by atoms with Crippen molar-refractivity contribution < 1.29 is 33.8 Å². The van der Waals surface area contributed by atoms with E-state index in [2.05, 4.69) is 24.5 Å². The normalized spacial score (nSPS) is 14.4. The topological polar surface area (TPSA) is 134 Å². The minimum Gasteiger partial charge on any atom is -0.508 e. The van der Waals surface area contributed by atoms with Crippen molar-refractivity contribution >= 4 is 23.9 Å². The third kappa shape index (κ3) is 12.7. The summed E-state index contributed by atoms with van der Waals surface area (Å²) in [6.07, 6.45) is 0.711. The van der Waals surface area contributed by atoms with Gasteiger partial charge in [0.2, 0.25) is 11.8 Å². The molecule has 10 heteroatoms. The smallest absolute Gasteiger partial charge is 0.408 e. The number of amides is 3. The number of phenols is 1. The molecule has 2 aromatic carbocycles. The Bertz CT molecular complexity index is 1310. The molecule has 46 heavy (non-hydrogen) atoms. The van der Waals surface area contributed by atoms with E-state index in [0.29, 0.717) is 17.9 Å². The summed E-state index contributed by atoms with van der Waals surface area (Å²) in [7, 11) is 0. The lowest BCUT2D eigenvalue weighted by atomic mass is 9.96. The number of hydrogen-bond donors (Lipinski definition) is 3. The summed E-state index contributed by atoms with van der Waals surface area (Å²) in [5, 5.41) is 15.9. The van der Waals surface area contributed by atoms with E-state index in [0.717, 1.165) is 12.0 Å². The second kappa shape index (κ2) is 16.5. The molecule has 0 fully saturated rings. The fourth-order valence-electron chi connectivity index (χ4n) is 4.88. The summed E-state index contributed by atoms with van der Waals surface area (Å²) in [4.78, 5) is 56.2. The molecule has 0 aromatic heterocycles. The summed E-state index contributed by atoms with van der Waals surface area (Å²) in [5.41, 5.74) is -0.441. The number of aromatic hydroxyl groups is 1. The van der Waals surface area contributed by atoms with Crippen LogP contribution in [0.15, 0.2) is 54.6 Å². The van der Waals surface area contributed by atoms with Gasteiger partial charge in [-0.05, 0) is 97.4 Å². The highest BCUT2D eigenvalue weighted by Gasteiger charge is 2.39. The first-order valence-corrected chi connectivity index (χ1v) is 15.9. The van der Waals surface area contributed by atoms with Crippen molar-refractivity contribution in [2.45, 2.75) is 124 Å². The van der Waals surface area contributed by atoms with E-state index in [1.54, 1.807) is 53.7 Å². The summed E-state index contributed by atoms with van der Waals surface area (Å²) in [6.45, 7) is 17.9. The zero-order valence-corrected chi connectivity index (χ0v) is 29.0. The first kappa shape index (κ1) is 38.1. The van der Waals surface area contributed by atoms with Crippen molar-refractivity contribution in [3.05, 3.63) is 65.7 Å². The Morgan fingerprint density at radius 2 is 1.41 bits per heavy atom. The van der Waals surface area contributed by atoms with Crippen LogP contribution in [0.5, 0.6) is 5.75 Å². The number of ether oxygens (including phenoxy) is 2. The number of carbonyl (C=O) groups is 4. The molecule has 254 valence electrons. The Hall–Kier alpha value is -4.08. The van der Waals surface area contributed by atoms with Crippen molar-refractivity contribution in [1.29, 1.82) is 0 Å². The standard InChI is InChI=1S/C36H53N3O7/c1-23(2)19-20-24(3)39(32(42)25(4)37-34(44)46-36(8,9)10)30(27-17-14-18-28(40)22-27)31(41)38-29(33(43)45-35(5,6)7)21-26-15-12-11-13-16-26/h11-18,22-25,29-30,40H,19-21H2,1-10H3,(H,37,44)(H,38,41). The van der Waals surface area contributed by atoms with E-state index < -0.39 is 59.2 Å². The van der Waals surface area contributed by atoms with Crippen LogP contribution in [0.25, 0.3) is 0 Å². The second-order valence-corrected chi connectivity index (χ2v) is 14.2. The van der Waals surface area contributed by atoms with Gasteiger partial charge in [-0.2, -0.15) is 0 Å². The summed E-state index contributed by atoms with van der Waals surface area (Å²) in [6, 6.07) is 11.5. The third-order valence-electron chi connectivity index (χ3n) is 7.00. The molecule has 3 N–H and O–H groups in total. The molecule has 0 aliphatic carbocycles. The van der Waals surface area contributed by atoms with Crippen LogP contribution >= 0.6 is 0 Å². The summed E-state index contributed by atoms with van der Waals surface area (Å²) < 4.78 is 11.1. The maximum absolute atomic E-state index is 14.4. The molecular formula is C36H53N3O7. The molecule has 3 amide bonds. The predicted octanol–water partition coefficient (Wildman–Crippen LogP) is 6.07. The van der Waals surface area contributed by atoms with Crippen LogP contribution in [0, 0.1) is 5.92 Å². The van der Waals surface area contributed by atoms with Gasteiger partial charge < -0.3 is 30.1 Å². The van der Waals surface area contributed by atoms with Gasteiger partial charge in [0, 0.05) is 12.5 Å². The van der Waals surface area contributed by atoms with Crippen LogP contribution in [0.1, 0.15) is 99.2 Å². The third-order valence-corrected chi connectivity index (χ3v) is 7.00. The maximum Gasteiger partial charge on any atom is 0.408 e. The number of alkyl carbamates (subject to hydrolysis) is 1. The van der Waals surface area contributed by atoms with Crippen LogP contribution in [0.4, 0.5) is 4.79 Å². The molecule has 0 heterocycles. The fourth-order valence-corrected chi connectivity index (χ4v) is 4.88. The molecule has 0 radical (unpaired) electrons. The monoisotopic (exact) mass is 639 g/mol. The predicted molar refractivity (Wildman–Crippen MR) is 178 cm³/mol. The zero-order chi connectivity index (χ0) is 34.8. The molecule has 0 spiro atoms. The number of nitrogens with zero attached hydrogens (tertiary/aromatic N) is 1. The Morgan fingerprint density at radius 1 is 0.804 bits per heavy atom. The quantitative estimate of drug-likeness (QED) is 0.227. The van der Waals surface area contributed by atoms with Crippen molar-refractivity contribution in [3.63, 3.8) is 0 Å². The van der Waals surface area contributed by atoms with E-state index in [1.807, 2.05) is 37.3 Å². The molecule has 0 saturated heterocycles. The number of phenolic OH excluding ortho intramolecular Hbond substituents is 1. The number of carbonyl (C=O) groups excluding carboxylic acids is 4. The van der Waals surface area contributed by atoms with E-state index >= 15 is 0 Å². The van der Waals surface area contributed by atoms with Crippen molar-refractivity contribution in [2.75, 3.05) is 0 Å². The number of rotatable bonds is 13. The number of hydrogen-bond acceptors (Lipinski definition) is 7. The van der Waals surface area contributed by atoms with Gasteiger partial charge >= 0.3 is 12.1 Å². The summed E-state index contributed by atoms with van der Waals surface area (Å²) in [5.74, 6) is -1.54. The van der Waals surface area contributed by atoms with E-state index in [9.17, 15) is 24.3 Å². The van der Waals surface area contributed by atoms with Crippen LogP contribution < -0.4 is 10.6 Å². The molecule has 10 nitrogen and oxygen atoms in total. The minimum absolute atomic E-state index is 0.0922. The zero-order valence-electron chi connectivity index (χ0n) is 29.0. The van der Waals surface area contributed by atoms with Crippen molar-refractivity contribution in [1.82, 2.24) is 15.5 Å². The maximum atomic E-state index is 14.4. The molecule has 0 saturated carbocycles. The molecule has 4 atom stereocenters. The van der Waals surface area contributed by atoms with Crippen LogP contribution in [-0.4, -0.2) is 63.2 Å². The lowest BCUT2D eigenvalue weighted by molar-refractivity contribution is -0.159. The first-order valence-electron chi connectivity index (χ1n) is 15.9. The molecule has 2 aromatic rings. The number of nitrogens with one attached hydrogen (secondary N) is 2. The Labute approximate surface area is 274 Å². The number of esters is 1. The largest absolute Gasteiger partial charge is 0.508 e. The van der Waals surface area contributed by atoms with E-state index in [-0.39, 0.29) is 12.2 Å². The molecule has 2 rings (SSSR count). The second-order valence-electron chi connectivity index (χ2n) is 14.2.